The molecule has 0 amide bonds. The summed E-state index contributed by atoms with van der Waals surface area (Å²) in [6.45, 7) is 2.70. The Morgan fingerprint density at radius 2 is 2.27 bits per heavy atom. The second-order valence-corrected chi connectivity index (χ2v) is 3.96. The van der Waals surface area contributed by atoms with Gasteiger partial charge in [0.2, 0.25) is 0 Å². The highest BCUT2D eigenvalue weighted by Gasteiger charge is 2.18. The van der Waals surface area contributed by atoms with Crippen LogP contribution in [0.5, 0.6) is 5.75 Å². The molecule has 0 radical (unpaired) electrons. The maximum atomic E-state index is 11.6. The van der Waals surface area contributed by atoms with E-state index in [2.05, 4.69) is 13.0 Å². The molecule has 0 saturated heterocycles. The molecule has 80 valence electrons. The van der Waals surface area contributed by atoms with Crippen LogP contribution in [0, 0.1) is 0 Å². The highest BCUT2D eigenvalue weighted by Crippen LogP contribution is 2.26. The SMILES string of the molecule is CCCCc1ccc2c(c1)C(=O)CCO2. The molecule has 1 aromatic rings. The van der Waals surface area contributed by atoms with Crippen molar-refractivity contribution in [1.29, 1.82) is 0 Å². The molecule has 0 aromatic heterocycles. The highest BCUT2D eigenvalue weighted by molar-refractivity contribution is 5.99. The third-order valence-corrected chi connectivity index (χ3v) is 2.75. The van der Waals surface area contributed by atoms with Gasteiger partial charge >= 0.3 is 0 Å². The molecule has 0 fully saturated rings. The number of unbranched alkanes of at least 4 members (excludes halogenated alkanes) is 1. The zero-order chi connectivity index (χ0) is 10.7. The number of ether oxygens (including phenoxy) is 1. The van der Waals surface area contributed by atoms with E-state index in [0.717, 1.165) is 17.7 Å². The Hall–Kier alpha value is -1.31. The van der Waals surface area contributed by atoms with Crippen LogP contribution in [0.4, 0.5) is 0 Å². The number of fused-ring (bicyclic) bond motifs is 1. The Bertz CT molecular complexity index is 369. The van der Waals surface area contributed by atoms with Gasteiger partial charge in [-0.2, -0.15) is 0 Å². The molecule has 1 aliphatic heterocycles. The fourth-order valence-corrected chi connectivity index (χ4v) is 1.85. The van der Waals surface area contributed by atoms with E-state index >= 15 is 0 Å². The van der Waals surface area contributed by atoms with Crippen molar-refractivity contribution in [2.24, 2.45) is 0 Å². The number of rotatable bonds is 3. The van der Waals surface area contributed by atoms with Crippen LogP contribution in [-0.2, 0) is 6.42 Å². The predicted octanol–water partition coefficient (Wildman–Crippen LogP) is 2.99. The normalized spacial score (nSPS) is 14.6. The van der Waals surface area contributed by atoms with Gasteiger partial charge in [0.1, 0.15) is 5.75 Å². The number of hydrogen-bond acceptors (Lipinski definition) is 2. The number of carbonyl (C=O) groups is 1. The minimum Gasteiger partial charge on any atom is -0.492 e. The molecule has 0 aliphatic carbocycles. The third-order valence-electron chi connectivity index (χ3n) is 2.75. The van der Waals surface area contributed by atoms with Crippen LogP contribution in [0.3, 0.4) is 0 Å². The summed E-state index contributed by atoms with van der Waals surface area (Å²) >= 11 is 0. The Morgan fingerprint density at radius 3 is 3.07 bits per heavy atom. The van der Waals surface area contributed by atoms with Crippen LogP contribution >= 0.6 is 0 Å². The average molecular weight is 204 g/mol. The Labute approximate surface area is 90.3 Å². The van der Waals surface area contributed by atoms with Crippen molar-refractivity contribution in [1.82, 2.24) is 0 Å². The summed E-state index contributed by atoms with van der Waals surface area (Å²) in [7, 11) is 0. The zero-order valence-corrected chi connectivity index (χ0v) is 9.08. The first-order chi connectivity index (χ1) is 7.31. The van der Waals surface area contributed by atoms with E-state index in [4.69, 9.17) is 4.74 Å². The van der Waals surface area contributed by atoms with Gasteiger partial charge in [0, 0.05) is 6.42 Å². The van der Waals surface area contributed by atoms with Crippen LogP contribution in [0.15, 0.2) is 18.2 Å². The van der Waals surface area contributed by atoms with Gasteiger partial charge in [-0.3, -0.25) is 4.79 Å². The summed E-state index contributed by atoms with van der Waals surface area (Å²) in [4.78, 5) is 11.6. The van der Waals surface area contributed by atoms with Crippen molar-refractivity contribution in [3.8, 4) is 5.75 Å². The quantitative estimate of drug-likeness (QED) is 0.756. The Kier molecular flexibility index (Phi) is 3.05. The molecular formula is C13H16O2. The van der Waals surface area contributed by atoms with Crippen LogP contribution in [0.2, 0.25) is 0 Å². The summed E-state index contributed by atoms with van der Waals surface area (Å²) in [6, 6.07) is 5.98. The van der Waals surface area contributed by atoms with E-state index in [1.165, 1.54) is 18.4 Å². The topological polar surface area (TPSA) is 26.3 Å². The zero-order valence-electron chi connectivity index (χ0n) is 9.08. The molecule has 0 saturated carbocycles. The fourth-order valence-electron chi connectivity index (χ4n) is 1.85. The molecule has 2 heteroatoms. The number of benzene rings is 1. The molecule has 15 heavy (non-hydrogen) atoms. The van der Waals surface area contributed by atoms with E-state index in [1.807, 2.05) is 12.1 Å². The van der Waals surface area contributed by atoms with Crippen LogP contribution in [-0.4, -0.2) is 12.4 Å². The third kappa shape index (κ3) is 2.20. The lowest BCUT2D eigenvalue weighted by Crippen LogP contribution is -2.15. The maximum absolute atomic E-state index is 11.6. The van der Waals surface area contributed by atoms with Crippen molar-refractivity contribution in [3.63, 3.8) is 0 Å². The number of hydrogen-bond donors (Lipinski definition) is 0. The van der Waals surface area contributed by atoms with Gasteiger partial charge in [-0.05, 0) is 30.5 Å². The Morgan fingerprint density at radius 1 is 1.40 bits per heavy atom. The first kappa shape index (κ1) is 10.2. The van der Waals surface area contributed by atoms with Crippen LogP contribution < -0.4 is 4.74 Å². The molecule has 2 rings (SSSR count). The molecule has 0 bridgehead atoms. The van der Waals surface area contributed by atoms with Gasteiger partial charge in [0.15, 0.2) is 5.78 Å². The van der Waals surface area contributed by atoms with Crippen molar-refractivity contribution < 1.29 is 9.53 Å². The van der Waals surface area contributed by atoms with Gasteiger partial charge in [-0.1, -0.05) is 19.4 Å². The van der Waals surface area contributed by atoms with Crippen molar-refractivity contribution >= 4 is 5.78 Å². The van der Waals surface area contributed by atoms with E-state index in [0.29, 0.717) is 13.0 Å². The van der Waals surface area contributed by atoms with E-state index in [1.54, 1.807) is 0 Å². The highest BCUT2D eigenvalue weighted by atomic mass is 16.5. The summed E-state index contributed by atoms with van der Waals surface area (Å²) in [6.07, 6.45) is 3.93. The minimum atomic E-state index is 0.217. The molecule has 1 heterocycles. The van der Waals surface area contributed by atoms with Gasteiger partial charge in [-0.15, -0.1) is 0 Å². The molecule has 0 spiro atoms. The molecule has 1 aliphatic rings. The van der Waals surface area contributed by atoms with E-state index in [9.17, 15) is 4.79 Å². The first-order valence-electron chi connectivity index (χ1n) is 5.60. The summed E-state index contributed by atoms with van der Waals surface area (Å²) < 4.78 is 5.43. The number of aryl methyl sites for hydroxylation is 1. The predicted molar refractivity (Wildman–Crippen MR) is 59.5 cm³/mol. The monoisotopic (exact) mass is 204 g/mol. The van der Waals surface area contributed by atoms with Crippen molar-refractivity contribution in [3.05, 3.63) is 29.3 Å². The standard InChI is InChI=1S/C13H16O2/c1-2-3-4-10-5-6-13-11(9-10)12(14)7-8-15-13/h5-6,9H,2-4,7-8H2,1H3. The fraction of sp³-hybridized carbons (Fsp3) is 0.462. The van der Waals surface area contributed by atoms with Crippen molar-refractivity contribution in [2.45, 2.75) is 32.6 Å². The van der Waals surface area contributed by atoms with Crippen LogP contribution in [0.1, 0.15) is 42.1 Å². The average Bonchev–Trinajstić information content (AvgIpc) is 2.27. The lowest BCUT2D eigenvalue weighted by Gasteiger charge is -2.16. The van der Waals surface area contributed by atoms with E-state index < -0.39 is 0 Å². The smallest absolute Gasteiger partial charge is 0.170 e. The second-order valence-electron chi connectivity index (χ2n) is 3.96. The minimum absolute atomic E-state index is 0.217. The lowest BCUT2D eigenvalue weighted by molar-refractivity contribution is 0.0933. The van der Waals surface area contributed by atoms with Crippen molar-refractivity contribution in [2.75, 3.05) is 6.61 Å². The molecule has 0 atom stereocenters. The molecule has 0 N–H and O–H groups in total. The lowest BCUT2D eigenvalue weighted by atomic mass is 9.99. The summed E-state index contributed by atoms with van der Waals surface area (Å²) in [5.74, 6) is 0.973. The molecule has 2 nitrogen and oxygen atoms in total. The number of ketones is 1. The molecule has 0 unspecified atom stereocenters. The van der Waals surface area contributed by atoms with Gasteiger partial charge in [0.05, 0.1) is 12.2 Å². The van der Waals surface area contributed by atoms with Crippen LogP contribution in [0.25, 0.3) is 0 Å². The van der Waals surface area contributed by atoms with Gasteiger partial charge in [0.25, 0.3) is 0 Å². The largest absolute Gasteiger partial charge is 0.492 e. The van der Waals surface area contributed by atoms with E-state index in [-0.39, 0.29) is 5.78 Å². The second kappa shape index (κ2) is 4.47. The van der Waals surface area contributed by atoms with Gasteiger partial charge in [-0.25, -0.2) is 0 Å². The Balaban J connectivity index is 2.23. The van der Waals surface area contributed by atoms with Gasteiger partial charge < -0.3 is 4.74 Å². The summed E-state index contributed by atoms with van der Waals surface area (Å²) in [5, 5.41) is 0. The molecular weight excluding hydrogens is 188 g/mol. The molecule has 1 aromatic carbocycles. The summed E-state index contributed by atoms with van der Waals surface area (Å²) in [5.41, 5.74) is 2.02. The first-order valence-corrected chi connectivity index (χ1v) is 5.60. The number of Topliss-reactive ketones (excluding diaryl/α,β-unsaturated/α-hetero) is 1. The number of carbonyl (C=O) groups excluding carboxylic acids is 1. The maximum Gasteiger partial charge on any atom is 0.170 e.